The second-order valence-electron chi connectivity index (χ2n) is 4.82. The van der Waals surface area contributed by atoms with Crippen LogP contribution in [0.25, 0.3) is 0 Å². The quantitative estimate of drug-likeness (QED) is 0.922. The van der Waals surface area contributed by atoms with E-state index >= 15 is 0 Å². The minimum absolute atomic E-state index is 0.0368. The van der Waals surface area contributed by atoms with Gasteiger partial charge < -0.3 is 19.9 Å². The molecule has 2 N–H and O–H groups in total. The van der Waals surface area contributed by atoms with E-state index in [1.54, 1.807) is 14.2 Å². The van der Waals surface area contributed by atoms with Crippen molar-refractivity contribution in [3.05, 3.63) is 22.2 Å². The molecule has 0 aliphatic carbocycles. The van der Waals surface area contributed by atoms with Gasteiger partial charge in [0.15, 0.2) is 0 Å². The summed E-state index contributed by atoms with van der Waals surface area (Å²) in [5, 5.41) is 0. The van der Waals surface area contributed by atoms with Crippen molar-refractivity contribution in [1.82, 2.24) is 0 Å². The molecule has 4 nitrogen and oxygen atoms in total. The van der Waals surface area contributed by atoms with Crippen LogP contribution in [0.2, 0.25) is 0 Å². The van der Waals surface area contributed by atoms with E-state index in [1.165, 1.54) is 0 Å². The third-order valence-corrected chi connectivity index (χ3v) is 4.15. The molecule has 0 amide bonds. The van der Waals surface area contributed by atoms with Gasteiger partial charge in [-0.1, -0.05) is 0 Å². The highest BCUT2D eigenvalue weighted by molar-refractivity contribution is 9.10. The highest BCUT2D eigenvalue weighted by Crippen LogP contribution is 2.38. The Balaban J connectivity index is 2.31. The maximum Gasteiger partial charge on any atom is 0.133 e. The lowest BCUT2D eigenvalue weighted by Crippen LogP contribution is -2.26. The van der Waals surface area contributed by atoms with Crippen molar-refractivity contribution in [2.45, 2.75) is 38.0 Å². The third kappa shape index (κ3) is 3.04. The number of rotatable bonds is 4. The molecule has 1 saturated heterocycles. The van der Waals surface area contributed by atoms with Crippen LogP contribution in [0.4, 0.5) is 0 Å². The van der Waals surface area contributed by atoms with Crippen molar-refractivity contribution >= 4 is 15.9 Å². The topological polar surface area (TPSA) is 53.7 Å². The molecule has 19 heavy (non-hydrogen) atoms. The molecule has 3 unspecified atom stereocenters. The minimum Gasteiger partial charge on any atom is -0.496 e. The van der Waals surface area contributed by atoms with Gasteiger partial charge in [0.2, 0.25) is 0 Å². The Labute approximate surface area is 122 Å². The van der Waals surface area contributed by atoms with Crippen molar-refractivity contribution < 1.29 is 14.2 Å². The molecule has 1 aliphatic rings. The summed E-state index contributed by atoms with van der Waals surface area (Å²) in [4.78, 5) is 0. The number of halogens is 1. The molecule has 3 atom stereocenters. The van der Waals surface area contributed by atoms with E-state index in [-0.39, 0.29) is 18.2 Å². The van der Waals surface area contributed by atoms with Gasteiger partial charge in [-0.3, -0.25) is 0 Å². The Morgan fingerprint density at radius 1 is 1.26 bits per heavy atom. The zero-order valence-corrected chi connectivity index (χ0v) is 13.1. The average molecular weight is 330 g/mol. The van der Waals surface area contributed by atoms with E-state index in [2.05, 4.69) is 22.9 Å². The standard InChI is InChI=1S/C14H20BrNO3/c1-8-4-5-11(19-8)14(16)9-6-13(18-3)10(15)7-12(9)17-2/h6-8,11,14H,4-5,16H2,1-3H3. The van der Waals surface area contributed by atoms with Gasteiger partial charge in [-0.25, -0.2) is 0 Å². The van der Waals surface area contributed by atoms with Crippen molar-refractivity contribution in [2.75, 3.05) is 14.2 Å². The first-order valence-corrected chi connectivity index (χ1v) is 7.18. The van der Waals surface area contributed by atoms with E-state index in [4.69, 9.17) is 19.9 Å². The van der Waals surface area contributed by atoms with Gasteiger partial charge in [-0.15, -0.1) is 0 Å². The fraction of sp³-hybridized carbons (Fsp3) is 0.571. The first-order valence-electron chi connectivity index (χ1n) is 6.39. The SMILES string of the molecule is COc1cc(C(N)C2CCC(C)O2)c(OC)cc1Br. The zero-order valence-electron chi connectivity index (χ0n) is 11.5. The lowest BCUT2D eigenvalue weighted by Gasteiger charge is -2.22. The zero-order chi connectivity index (χ0) is 14.0. The second-order valence-corrected chi connectivity index (χ2v) is 5.67. The van der Waals surface area contributed by atoms with Crippen LogP contribution in [0.1, 0.15) is 31.4 Å². The van der Waals surface area contributed by atoms with E-state index in [9.17, 15) is 0 Å². The molecule has 0 bridgehead atoms. The van der Waals surface area contributed by atoms with Gasteiger partial charge in [-0.05, 0) is 47.8 Å². The molecule has 1 aromatic rings. The van der Waals surface area contributed by atoms with Gasteiger partial charge in [-0.2, -0.15) is 0 Å². The number of benzene rings is 1. The van der Waals surface area contributed by atoms with Crippen LogP contribution >= 0.6 is 15.9 Å². The average Bonchev–Trinajstić information content (AvgIpc) is 2.84. The number of ether oxygens (including phenoxy) is 3. The number of nitrogens with two attached hydrogens (primary N) is 1. The maximum atomic E-state index is 6.34. The van der Waals surface area contributed by atoms with Crippen LogP contribution in [0.5, 0.6) is 11.5 Å². The molecule has 1 fully saturated rings. The summed E-state index contributed by atoms with van der Waals surface area (Å²) < 4.78 is 17.4. The molecule has 1 aliphatic heterocycles. The molecular weight excluding hydrogens is 310 g/mol. The van der Waals surface area contributed by atoms with Crippen molar-refractivity contribution in [3.8, 4) is 11.5 Å². The number of methoxy groups -OCH3 is 2. The Kier molecular flexibility index (Phi) is 4.71. The van der Waals surface area contributed by atoms with E-state index < -0.39 is 0 Å². The highest BCUT2D eigenvalue weighted by Gasteiger charge is 2.30. The maximum absolute atomic E-state index is 6.34. The number of hydrogen-bond donors (Lipinski definition) is 1. The van der Waals surface area contributed by atoms with E-state index in [1.807, 2.05) is 12.1 Å². The molecule has 1 aromatic carbocycles. The summed E-state index contributed by atoms with van der Waals surface area (Å²) in [7, 11) is 3.28. The number of hydrogen-bond acceptors (Lipinski definition) is 4. The molecule has 0 spiro atoms. The summed E-state index contributed by atoms with van der Waals surface area (Å²) in [5.74, 6) is 1.50. The van der Waals surface area contributed by atoms with Crippen molar-refractivity contribution in [3.63, 3.8) is 0 Å². The first-order chi connectivity index (χ1) is 9.06. The summed E-state index contributed by atoms with van der Waals surface area (Å²) in [6.07, 6.45) is 2.34. The third-order valence-electron chi connectivity index (χ3n) is 3.53. The lowest BCUT2D eigenvalue weighted by atomic mass is 9.99. The second kappa shape index (κ2) is 6.11. The largest absolute Gasteiger partial charge is 0.496 e. The minimum atomic E-state index is -0.207. The highest BCUT2D eigenvalue weighted by atomic mass is 79.9. The van der Waals surface area contributed by atoms with E-state index in [0.717, 1.165) is 34.4 Å². The van der Waals surface area contributed by atoms with Crippen LogP contribution in [0, 0.1) is 0 Å². The van der Waals surface area contributed by atoms with E-state index in [0.29, 0.717) is 0 Å². The van der Waals surface area contributed by atoms with Gasteiger partial charge in [0, 0.05) is 5.56 Å². The molecule has 0 aromatic heterocycles. The monoisotopic (exact) mass is 329 g/mol. The molecular formula is C14H20BrNO3. The first kappa shape index (κ1) is 14.6. The van der Waals surface area contributed by atoms with Crippen LogP contribution in [0.3, 0.4) is 0 Å². The Morgan fingerprint density at radius 2 is 1.95 bits per heavy atom. The molecule has 5 heteroatoms. The predicted octanol–water partition coefficient (Wildman–Crippen LogP) is 3.03. The summed E-state index contributed by atoms with van der Waals surface area (Å²) in [5.41, 5.74) is 7.25. The Bertz CT molecular complexity index is 453. The predicted molar refractivity (Wildman–Crippen MR) is 77.7 cm³/mol. The summed E-state index contributed by atoms with van der Waals surface area (Å²) in [6.45, 7) is 2.08. The Morgan fingerprint density at radius 3 is 2.47 bits per heavy atom. The summed E-state index contributed by atoms with van der Waals surface area (Å²) >= 11 is 3.45. The molecule has 1 heterocycles. The smallest absolute Gasteiger partial charge is 0.133 e. The molecule has 2 rings (SSSR count). The van der Waals surface area contributed by atoms with Gasteiger partial charge in [0.25, 0.3) is 0 Å². The van der Waals surface area contributed by atoms with Gasteiger partial charge in [0.05, 0.1) is 36.9 Å². The molecule has 106 valence electrons. The lowest BCUT2D eigenvalue weighted by molar-refractivity contribution is 0.0396. The molecule has 0 radical (unpaired) electrons. The van der Waals surface area contributed by atoms with Crippen LogP contribution < -0.4 is 15.2 Å². The summed E-state index contributed by atoms with van der Waals surface area (Å²) in [6, 6.07) is 3.59. The van der Waals surface area contributed by atoms with Crippen LogP contribution in [0.15, 0.2) is 16.6 Å². The fourth-order valence-corrected chi connectivity index (χ4v) is 2.93. The van der Waals surface area contributed by atoms with Crippen molar-refractivity contribution in [1.29, 1.82) is 0 Å². The van der Waals surface area contributed by atoms with Gasteiger partial charge in [0.1, 0.15) is 11.5 Å². The van der Waals surface area contributed by atoms with Crippen LogP contribution in [-0.2, 0) is 4.74 Å². The van der Waals surface area contributed by atoms with Crippen molar-refractivity contribution in [2.24, 2.45) is 5.73 Å². The Hall–Kier alpha value is -0.780. The molecule has 0 saturated carbocycles. The van der Waals surface area contributed by atoms with Crippen LogP contribution in [-0.4, -0.2) is 26.4 Å². The normalized spacial score (nSPS) is 24.3. The van der Waals surface area contributed by atoms with Gasteiger partial charge >= 0.3 is 0 Å². The fourth-order valence-electron chi connectivity index (χ4n) is 2.44.